The van der Waals surface area contributed by atoms with Crippen LogP contribution in [0.5, 0.6) is 0 Å². The van der Waals surface area contributed by atoms with Crippen molar-refractivity contribution in [2.45, 2.75) is 31.8 Å². The molecule has 0 aromatic carbocycles. The molecule has 0 radical (unpaired) electrons. The minimum Gasteiger partial charge on any atom is -0.345 e. The van der Waals surface area contributed by atoms with E-state index in [-0.39, 0.29) is 17.9 Å². The number of nitrogens with one attached hydrogen (secondary N) is 3. The third-order valence-electron chi connectivity index (χ3n) is 2.44. The van der Waals surface area contributed by atoms with Crippen LogP contribution < -0.4 is 10.6 Å². The largest absolute Gasteiger partial charge is 0.345 e. The zero-order valence-corrected chi connectivity index (χ0v) is 8.73. The molecule has 2 amide bonds. The number of nitrogens with zero attached hydrogens (tertiary/aromatic N) is 3. The molecule has 1 aliphatic heterocycles. The number of rotatable bonds is 3. The number of amides is 2. The van der Waals surface area contributed by atoms with Crippen molar-refractivity contribution in [3.05, 3.63) is 5.82 Å². The van der Waals surface area contributed by atoms with Crippen LogP contribution in [0.15, 0.2) is 0 Å². The highest BCUT2D eigenvalue weighted by Gasteiger charge is 2.28. The van der Waals surface area contributed by atoms with E-state index >= 15 is 0 Å². The third-order valence-corrected chi connectivity index (χ3v) is 2.44. The Morgan fingerprint density at radius 1 is 1.62 bits per heavy atom. The van der Waals surface area contributed by atoms with Crippen LogP contribution in [0.25, 0.3) is 0 Å². The van der Waals surface area contributed by atoms with E-state index in [9.17, 15) is 9.59 Å². The molecule has 2 heterocycles. The van der Waals surface area contributed by atoms with Gasteiger partial charge in [0.2, 0.25) is 11.8 Å². The number of carbonyl (C=O) groups excluding carboxylic acids is 2. The fourth-order valence-corrected chi connectivity index (χ4v) is 1.54. The average molecular weight is 224 g/mol. The van der Waals surface area contributed by atoms with Crippen LogP contribution >= 0.6 is 0 Å². The summed E-state index contributed by atoms with van der Waals surface area (Å²) in [5.74, 6) is 0.182. The van der Waals surface area contributed by atoms with Gasteiger partial charge in [0.25, 0.3) is 0 Å². The van der Waals surface area contributed by atoms with Crippen LogP contribution in [-0.2, 0) is 9.59 Å². The lowest BCUT2D eigenvalue weighted by Crippen LogP contribution is -2.42. The summed E-state index contributed by atoms with van der Waals surface area (Å²) in [6, 6.07) is -0.745. The molecule has 16 heavy (non-hydrogen) atoms. The van der Waals surface area contributed by atoms with Gasteiger partial charge in [-0.05, 0) is 23.8 Å². The van der Waals surface area contributed by atoms with Gasteiger partial charge in [-0.2, -0.15) is 0 Å². The minimum atomic E-state index is -0.439. The lowest BCUT2D eigenvalue weighted by molar-refractivity contribution is -0.126. The topological polar surface area (TPSA) is 113 Å². The number of H-pyrrole nitrogens is 1. The van der Waals surface area contributed by atoms with Crippen molar-refractivity contribution in [2.24, 2.45) is 0 Å². The van der Waals surface area contributed by atoms with Gasteiger partial charge < -0.3 is 10.6 Å². The molecule has 1 aliphatic rings. The molecule has 0 bridgehead atoms. The zero-order chi connectivity index (χ0) is 11.5. The Morgan fingerprint density at radius 2 is 2.44 bits per heavy atom. The smallest absolute Gasteiger partial charge is 0.243 e. The molecule has 3 N–H and O–H groups in total. The molecular weight excluding hydrogens is 212 g/mol. The quantitative estimate of drug-likeness (QED) is 0.588. The first-order valence-corrected chi connectivity index (χ1v) is 5.00. The Labute approximate surface area is 91.2 Å². The monoisotopic (exact) mass is 224 g/mol. The van der Waals surface area contributed by atoms with E-state index in [1.165, 1.54) is 0 Å². The highest BCUT2D eigenvalue weighted by Crippen LogP contribution is 2.09. The average Bonchev–Trinajstić information content (AvgIpc) is 2.87. The van der Waals surface area contributed by atoms with Crippen LogP contribution in [0, 0.1) is 0 Å². The van der Waals surface area contributed by atoms with Gasteiger partial charge in [0.05, 0.1) is 6.04 Å². The summed E-state index contributed by atoms with van der Waals surface area (Å²) in [5.41, 5.74) is 0. The molecule has 2 atom stereocenters. The summed E-state index contributed by atoms with van der Waals surface area (Å²) >= 11 is 0. The van der Waals surface area contributed by atoms with Gasteiger partial charge in [0.15, 0.2) is 5.82 Å². The first-order chi connectivity index (χ1) is 7.66. The minimum absolute atomic E-state index is 0.0888. The Kier molecular flexibility index (Phi) is 2.80. The van der Waals surface area contributed by atoms with E-state index in [1.54, 1.807) is 6.92 Å². The molecule has 1 fully saturated rings. The van der Waals surface area contributed by atoms with Crippen molar-refractivity contribution in [1.29, 1.82) is 0 Å². The molecule has 2 rings (SSSR count). The number of hydrogen-bond acceptors (Lipinski definition) is 5. The molecule has 2 unspecified atom stereocenters. The van der Waals surface area contributed by atoms with Crippen LogP contribution in [0.3, 0.4) is 0 Å². The summed E-state index contributed by atoms with van der Waals surface area (Å²) in [6.07, 6.45) is 0.933. The first-order valence-electron chi connectivity index (χ1n) is 5.00. The molecule has 0 aliphatic carbocycles. The molecule has 8 heteroatoms. The lowest BCUT2D eigenvalue weighted by atomic mass is 10.2. The fourth-order valence-electron chi connectivity index (χ4n) is 1.54. The number of tetrazole rings is 1. The van der Waals surface area contributed by atoms with Crippen LogP contribution in [0.2, 0.25) is 0 Å². The molecule has 0 spiro atoms. The second kappa shape index (κ2) is 4.25. The molecule has 1 saturated heterocycles. The second-order valence-electron chi connectivity index (χ2n) is 3.68. The summed E-state index contributed by atoms with van der Waals surface area (Å²) in [6.45, 7) is 1.76. The lowest BCUT2D eigenvalue weighted by Gasteiger charge is -2.14. The molecule has 8 nitrogen and oxygen atoms in total. The summed E-state index contributed by atoms with van der Waals surface area (Å²) in [4.78, 5) is 22.6. The van der Waals surface area contributed by atoms with E-state index < -0.39 is 6.04 Å². The highest BCUT2D eigenvalue weighted by molar-refractivity contribution is 5.90. The molecule has 0 saturated carbocycles. The second-order valence-corrected chi connectivity index (χ2v) is 3.68. The summed E-state index contributed by atoms with van der Waals surface area (Å²) < 4.78 is 0. The molecule has 1 aromatic heterocycles. The fraction of sp³-hybridized carbons (Fsp3) is 0.625. The van der Waals surface area contributed by atoms with E-state index in [0.29, 0.717) is 18.7 Å². The summed E-state index contributed by atoms with van der Waals surface area (Å²) in [7, 11) is 0. The SMILES string of the molecule is CC(NC(=O)C1CCC(=O)N1)c1nnn[nH]1. The summed E-state index contributed by atoms with van der Waals surface area (Å²) in [5, 5.41) is 18.4. The van der Waals surface area contributed by atoms with E-state index in [4.69, 9.17) is 0 Å². The Balaban J connectivity index is 1.90. The molecular formula is C8H12N6O2. The molecule has 1 aromatic rings. The van der Waals surface area contributed by atoms with Crippen molar-refractivity contribution in [1.82, 2.24) is 31.3 Å². The van der Waals surface area contributed by atoms with Crippen LogP contribution in [0.1, 0.15) is 31.6 Å². The van der Waals surface area contributed by atoms with Crippen molar-refractivity contribution >= 4 is 11.8 Å². The third kappa shape index (κ3) is 2.15. The predicted molar refractivity (Wildman–Crippen MR) is 51.9 cm³/mol. The van der Waals surface area contributed by atoms with Crippen molar-refractivity contribution < 1.29 is 9.59 Å². The number of aromatic amines is 1. The van der Waals surface area contributed by atoms with Crippen molar-refractivity contribution in [3.8, 4) is 0 Å². The number of hydrogen-bond donors (Lipinski definition) is 3. The Hall–Kier alpha value is -1.99. The van der Waals surface area contributed by atoms with E-state index in [2.05, 4.69) is 31.3 Å². The number of carbonyl (C=O) groups is 2. The standard InChI is InChI=1S/C8H12N6O2/c1-4(7-11-13-14-12-7)9-8(16)5-2-3-6(15)10-5/h4-5H,2-3H2,1H3,(H,9,16)(H,10,15)(H,11,12,13,14). The molecule has 86 valence electrons. The normalized spacial score (nSPS) is 21.6. The van der Waals surface area contributed by atoms with Crippen LogP contribution in [-0.4, -0.2) is 38.5 Å². The maximum atomic E-state index is 11.7. The van der Waals surface area contributed by atoms with Gasteiger partial charge in [-0.1, -0.05) is 0 Å². The van der Waals surface area contributed by atoms with E-state index in [1.807, 2.05) is 0 Å². The maximum absolute atomic E-state index is 11.7. The Morgan fingerprint density at radius 3 is 3.00 bits per heavy atom. The van der Waals surface area contributed by atoms with Crippen molar-refractivity contribution in [3.63, 3.8) is 0 Å². The number of aromatic nitrogens is 4. The van der Waals surface area contributed by atoms with Gasteiger partial charge in [-0.15, -0.1) is 5.10 Å². The Bertz CT molecular complexity index is 389. The van der Waals surface area contributed by atoms with Gasteiger partial charge in [-0.25, -0.2) is 5.10 Å². The predicted octanol–water partition coefficient (Wildman–Crippen LogP) is -1.34. The highest BCUT2D eigenvalue weighted by atomic mass is 16.2. The first kappa shape index (κ1) is 10.5. The van der Waals surface area contributed by atoms with E-state index in [0.717, 1.165) is 0 Å². The zero-order valence-electron chi connectivity index (χ0n) is 8.73. The van der Waals surface area contributed by atoms with Gasteiger partial charge in [0, 0.05) is 6.42 Å². The van der Waals surface area contributed by atoms with Gasteiger partial charge in [0.1, 0.15) is 6.04 Å². The van der Waals surface area contributed by atoms with Gasteiger partial charge >= 0.3 is 0 Å². The maximum Gasteiger partial charge on any atom is 0.243 e. The van der Waals surface area contributed by atoms with Crippen LogP contribution in [0.4, 0.5) is 0 Å². The van der Waals surface area contributed by atoms with Crippen molar-refractivity contribution in [2.75, 3.05) is 0 Å². The van der Waals surface area contributed by atoms with Gasteiger partial charge in [-0.3, -0.25) is 9.59 Å².